The number of amides is 1. The lowest BCUT2D eigenvalue weighted by Crippen LogP contribution is -2.25. The number of hydrogen-bond acceptors (Lipinski definition) is 5. The summed E-state index contributed by atoms with van der Waals surface area (Å²) < 4.78 is 5.37. The Labute approximate surface area is 119 Å². The highest BCUT2D eigenvalue weighted by molar-refractivity contribution is 5.76. The van der Waals surface area contributed by atoms with Gasteiger partial charge >= 0.3 is 0 Å². The van der Waals surface area contributed by atoms with Crippen molar-refractivity contribution in [1.29, 1.82) is 0 Å². The van der Waals surface area contributed by atoms with Gasteiger partial charge in [0.25, 0.3) is 0 Å². The monoisotopic (exact) mass is 278 g/mol. The van der Waals surface area contributed by atoms with Crippen LogP contribution in [0.1, 0.15) is 38.3 Å². The van der Waals surface area contributed by atoms with Crippen LogP contribution in [0.2, 0.25) is 0 Å². The number of nitrogens with one attached hydrogen (secondary N) is 2. The van der Waals surface area contributed by atoms with E-state index in [2.05, 4.69) is 20.6 Å². The second-order valence-corrected chi connectivity index (χ2v) is 4.98. The van der Waals surface area contributed by atoms with Gasteiger partial charge in [-0.1, -0.05) is 0 Å². The predicted octanol–water partition coefficient (Wildman–Crippen LogP) is 1.65. The van der Waals surface area contributed by atoms with Crippen molar-refractivity contribution in [3.8, 4) is 5.88 Å². The van der Waals surface area contributed by atoms with Gasteiger partial charge in [-0.25, -0.2) is 4.98 Å². The summed E-state index contributed by atoms with van der Waals surface area (Å²) in [5.41, 5.74) is 0.859. The number of hydrogen-bond donors (Lipinski definition) is 2. The zero-order valence-electron chi connectivity index (χ0n) is 12.1. The van der Waals surface area contributed by atoms with Crippen molar-refractivity contribution in [2.24, 2.45) is 0 Å². The maximum Gasteiger partial charge on any atom is 0.226 e. The summed E-state index contributed by atoms with van der Waals surface area (Å²) in [6.45, 7) is 5.08. The zero-order valence-corrected chi connectivity index (χ0v) is 12.1. The highest BCUT2D eigenvalue weighted by Crippen LogP contribution is 2.18. The summed E-state index contributed by atoms with van der Waals surface area (Å²) in [6.07, 6.45) is 3.55. The molecule has 0 unspecified atom stereocenters. The molecule has 0 aromatic carbocycles. The van der Waals surface area contributed by atoms with Gasteiger partial charge < -0.3 is 15.4 Å². The first kappa shape index (κ1) is 14.6. The molecule has 0 spiro atoms. The van der Waals surface area contributed by atoms with E-state index in [1.165, 1.54) is 0 Å². The van der Waals surface area contributed by atoms with Crippen molar-refractivity contribution in [1.82, 2.24) is 15.3 Å². The molecule has 0 atom stereocenters. The van der Waals surface area contributed by atoms with Crippen LogP contribution >= 0.6 is 0 Å². The Morgan fingerprint density at radius 3 is 2.95 bits per heavy atom. The maximum atomic E-state index is 11.5. The largest absolute Gasteiger partial charge is 0.478 e. The van der Waals surface area contributed by atoms with E-state index in [-0.39, 0.29) is 5.91 Å². The molecule has 1 aliphatic rings. The summed E-state index contributed by atoms with van der Waals surface area (Å²) in [5, 5.41) is 6.10. The van der Waals surface area contributed by atoms with E-state index in [4.69, 9.17) is 4.74 Å². The molecular weight excluding hydrogens is 256 g/mol. The molecule has 6 nitrogen and oxygen atoms in total. The van der Waals surface area contributed by atoms with Crippen LogP contribution in [0.25, 0.3) is 0 Å². The Hall–Kier alpha value is -1.85. The van der Waals surface area contributed by atoms with Crippen molar-refractivity contribution < 1.29 is 9.53 Å². The number of rotatable bonds is 8. The van der Waals surface area contributed by atoms with Crippen LogP contribution in [0.3, 0.4) is 0 Å². The molecule has 1 aromatic rings. The Bertz CT molecular complexity index is 460. The number of carbonyl (C=O) groups is 1. The van der Waals surface area contributed by atoms with Gasteiger partial charge in [-0.2, -0.15) is 4.98 Å². The van der Waals surface area contributed by atoms with Crippen molar-refractivity contribution in [3.63, 3.8) is 0 Å². The Kier molecular flexibility index (Phi) is 5.15. The molecule has 20 heavy (non-hydrogen) atoms. The number of ether oxygens (including phenoxy) is 1. The number of nitrogens with zero attached hydrogens (tertiary/aromatic N) is 2. The van der Waals surface area contributed by atoms with E-state index in [1.807, 2.05) is 13.8 Å². The predicted molar refractivity (Wildman–Crippen MR) is 76.8 cm³/mol. The standard InChI is InChI=1S/C14H22N4O2/c1-3-20-13-9-10(2)16-14(18-13)15-8-4-5-12(19)17-11-6-7-11/h9,11H,3-8H2,1-2H3,(H,17,19)(H,15,16,18). The smallest absolute Gasteiger partial charge is 0.226 e. The third-order valence-corrected chi connectivity index (χ3v) is 2.93. The molecule has 0 bridgehead atoms. The third-order valence-electron chi connectivity index (χ3n) is 2.93. The van der Waals surface area contributed by atoms with Crippen LogP contribution < -0.4 is 15.4 Å². The molecule has 6 heteroatoms. The Morgan fingerprint density at radius 2 is 2.25 bits per heavy atom. The first-order valence-electron chi connectivity index (χ1n) is 7.19. The molecule has 1 heterocycles. The van der Waals surface area contributed by atoms with Gasteiger partial charge in [0.15, 0.2) is 0 Å². The van der Waals surface area contributed by atoms with E-state index < -0.39 is 0 Å². The van der Waals surface area contributed by atoms with Crippen LogP contribution in [0, 0.1) is 6.92 Å². The molecule has 1 aliphatic carbocycles. The third kappa shape index (κ3) is 5.03. The SMILES string of the molecule is CCOc1cc(C)nc(NCCCC(=O)NC2CC2)n1. The number of anilines is 1. The second kappa shape index (κ2) is 7.07. The summed E-state index contributed by atoms with van der Waals surface area (Å²) >= 11 is 0. The van der Waals surface area contributed by atoms with E-state index in [0.29, 0.717) is 37.4 Å². The highest BCUT2D eigenvalue weighted by atomic mass is 16.5. The van der Waals surface area contributed by atoms with Crippen molar-refractivity contribution in [2.45, 2.75) is 45.6 Å². The topological polar surface area (TPSA) is 76.1 Å². The number of aryl methyl sites for hydroxylation is 1. The zero-order chi connectivity index (χ0) is 14.4. The van der Waals surface area contributed by atoms with Crippen molar-refractivity contribution in [3.05, 3.63) is 11.8 Å². The van der Waals surface area contributed by atoms with Gasteiger partial charge in [-0.15, -0.1) is 0 Å². The fourth-order valence-electron chi connectivity index (χ4n) is 1.82. The first-order chi connectivity index (χ1) is 9.67. The Morgan fingerprint density at radius 1 is 1.45 bits per heavy atom. The fraction of sp³-hybridized carbons (Fsp3) is 0.643. The van der Waals surface area contributed by atoms with Gasteiger partial charge in [0.1, 0.15) is 0 Å². The van der Waals surface area contributed by atoms with Crippen LogP contribution in [-0.2, 0) is 4.79 Å². The Balaban J connectivity index is 1.71. The molecule has 0 radical (unpaired) electrons. The van der Waals surface area contributed by atoms with Gasteiger partial charge in [-0.3, -0.25) is 4.79 Å². The van der Waals surface area contributed by atoms with E-state index in [1.54, 1.807) is 6.07 Å². The molecule has 110 valence electrons. The lowest BCUT2D eigenvalue weighted by atomic mass is 10.3. The van der Waals surface area contributed by atoms with Gasteiger partial charge in [0.2, 0.25) is 17.7 Å². The van der Waals surface area contributed by atoms with Crippen LogP contribution in [0.4, 0.5) is 5.95 Å². The van der Waals surface area contributed by atoms with Crippen molar-refractivity contribution in [2.75, 3.05) is 18.5 Å². The second-order valence-electron chi connectivity index (χ2n) is 4.98. The minimum atomic E-state index is 0.134. The molecule has 2 rings (SSSR count). The summed E-state index contributed by atoms with van der Waals surface area (Å²) in [5.74, 6) is 1.26. The fourth-order valence-corrected chi connectivity index (χ4v) is 1.82. The van der Waals surface area contributed by atoms with Crippen LogP contribution in [-0.4, -0.2) is 35.1 Å². The minimum Gasteiger partial charge on any atom is -0.478 e. The number of carbonyl (C=O) groups excluding carboxylic acids is 1. The average Bonchev–Trinajstić information content (AvgIpc) is 3.18. The molecule has 0 saturated heterocycles. The summed E-state index contributed by atoms with van der Waals surface area (Å²) in [6, 6.07) is 2.24. The lowest BCUT2D eigenvalue weighted by molar-refractivity contribution is -0.121. The molecular formula is C14H22N4O2. The normalized spacial score (nSPS) is 13.9. The molecule has 1 amide bonds. The summed E-state index contributed by atoms with van der Waals surface area (Å²) in [4.78, 5) is 20.0. The molecule has 1 saturated carbocycles. The van der Waals surface area contributed by atoms with E-state index in [0.717, 1.165) is 25.0 Å². The minimum absolute atomic E-state index is 0.134. The summed E-state index contributed by atoms with van der Waals surface area (Å²) in [7, 11) is 0. The van der Waals surface area contributed by atoms with Gasteiger partial charge in [0, 0.05) is 30.8 Å². The van der Waals surface area contributed by atoms with Gasteiger partial charge in [0.05, 0.1) is 6.61 Å². The highest BCUT2D eigenvalue weighted by Gasteiger charge is 2.22. The van der Waals surface area contributed by atoms with E-state index in [9.17, 15) is 4.79 Å². The van der Waals surface area contributed by atoms with Crippen LogP contribution in [0.15, 0.2) is 6.07 Å². The average molecular weight is 278 g/mol. The lowest BCUT2D eigenvalue weighted by Gasteiger charge is -2.08. The quantitative estimate of drug-likeness (QED) is 0.707. The molecule has 2 N–H and O–H groups in total. The van der Waals surface area contributed by atoms with Crippen LogP contribution in [0.5, 0.6) is 5.88 Å². The molecule has 1 aromatic heterocycles. The number of aromatic nitrogens is 2. The van der Waals surface area contributed by atoms with Crippen molar-refractivity contribution >= 4 is 11.9 Å². The first-order valence-corrected chi connectivity index (χ1v) is 7.19. The maximum absolute atomic E-state index is 11.5. The van der Waals surface area contributed by atoms with Gasteiger partial charge in [-0.05, 0) is 33.1 Å². The van der Waals surface area contributed by atoms with E-state index >= 15 is 0 Å². The molecule has 1 fully saturated rings. The molecule has 0 aliphatic heterocycles.